The second-order valence-electron chi connectivity index (χ2n) is 8.00. The van der Waals surface area contributed by atoms with Crippen LogP contribution >= 0.6 is 11.8 Å². The molecule has 4 rings (SSSR count). The molecule has 158 valence electrons. The minimum Gasteiger partial charge on any atom is -0.476 e. The fourth-order valence-electron chi connectivity index (χ4n) is 3.94. The predicted molar refractivity (Wildman–Crippen MR) is 120 cm³/mol. The van der Waals surface area contributed by atoms with Gasteiger partial charge in [-0.3, -0.25) is 9.59 Å². The number of fused-ring (bicyclic) bond motifs is 1. The van der Waals surface area contributed by atoms with Crippen molar-refractivity contribution in [2.24, 2.45) is 0 Å². The van der Waals surface area contributed by atoms with Gasteiger partial charge in [0.1, 0.15) is 5.75 Å². The van der Waals surface area contributed by atoms with Gasteiger partial charge >= 0.3 is 0 Å². The minimum atomic E-state index is -0.645. The van der Waals surface area contributed by atoms with Gasteiger partial charge in [-0.1, -0.05) is 18.2 Å². The van der Waals surface area contributed by atoms with E-state index in [1.165, 1.54) is 29.3 Å². The van der Waals surface area contributed by atoms with Crippen LogP contribution in [0.4, 0.5) is 5.69 Å². The Labute approximate surface area is 182 Å². The van der Waals surface area contributed by atoms with Crippen LogP contribution in [-0.2, 0) is 9.59 Å². The highest BCUT2D eigenvalue weighted by Crippen LogP contribution is 2.34. The Hall–Kier alpha value is -2.47. The van der Waals surface area contributed by atoms with E-state index in [4.69, 9.17) is 4.74 Å². The SMILES string of the molecule is Cc1ccc(SCC(=O)N2C[C@@H](C(=O)N3CCCCC3)Oc3ccccc32)cc1C. The standard InChI is InChI=1S/C24H28N2O3S/c1-17-10-11-19(14-18(17)2)30-16-23(27)26-15-22(24(28)25-12-6-3-7-13-25)29-21-9-5-4-8-20(21)26/h4-5,8-11,14,22H,3,6-7,12-13,15-16H2,1-2H3/t22-/m0/s1. The summed E-state index contributed by atoms with van der Waals surface area (Å²) in [7, 11) is 0. The number of hydrogen-bond donors (Lipinski definition) is 0. The van der Waals surface area contributed by atoms with E-state index in [2.05, 4.69) is 32.0 Å². The summed E-state index contributed by atoms with van der Waals surface area (Å²) in [6, 6.07) is 13.7. The number of aryl methyl sites for hydroxylation is 2. The molecule has 1 atom stereocenters. The van der Waals surface area contributed by atoms with Crippen LogP contribution in [0.15, 0.2) is 47.4 Å². The lowest BCUT2D eigenvalue weighted by Crippen LogP contribution is -2.53. The summed E-state index contributed by atoms with van der Waals surface area (Å²) in [4.78, 5) is 30.9. The van der Waals surface area contributed by atoms with Crippen molar-refractivity contribution in [3.8, 4) is 5.75 Å². The van der Waals surface area contributed by atoms with Gasteiger partial charge in [-0.2, -0.15) is 0 Å². The monoisotopic (exact) mass is 424 g/mol. The number of hydrogen-bond acceptors (Lipinski definition) is 4. The summed E-state index contributed by atoms with van der Waals surface area (Å²) in [6.45, 7) is 5.97. The number of anilines is 1. The first-order valence-electron chi connectivity index (χ1n) is 10.6. The van der Waals surface area contributed by atoms with Gasteiger partial charge in [0.15, 0.2) is 6.10 Å². The number of carbonyl (C=O) groups excluding carboxylic acids is 2. The van der Waals surface area contributed by atoms with Gasteiger partial charge in [0, 0.05) is 18.0 Å². The van der Waals surface area contributed by atoms with Crippen LogP contribution in [0.5, 0.6) is 5.75 Å². The lowest BCUT2D eigenvalue weighted by atomic mass is 10.1. The molecule has 1 fully saturated rings. The average molecular weight is 425 g/mol. The lowest BCUT2D eigenvalue weighted by Gasteiger charge is -2.37. The van der Waals surface area contributed by atoms with Crippen molar-refractivity contribution in [1.82, 2.24) is 4.90 Å². The van der Waals surface area contributed by atoms with Crippen LogP contribution in [0, 0.1) is 13.8 Å². The summed E-state index contributed by atoms with van der Waals surface area (Å²) in [5.74, 6) is 0.902. The zero-order valence-corrected chi connectivity index (χ0v) is 18.4. The van der Waals surface area contributed by atoms with Gasteiger partial charge in [0.05, 0.1) is 18.0 Å². The van der Waals surface area contributed by atoms with Gasteiger partial charge in [0.25, 0.3) is 5.91 Å². The molecule has 2 aromatic rings. The Balaban J connectivity index is 1.49. The number of thioether (sulfide) groups is 1. The molecule has 2 heterocycles. The highest BCUT2D eigenvalue weighted by atomic mass is 32.2. The average Bonchev–Trinajstić information content (AvgIpc) is 2.79. The molecule has 5 nitrogen and oxygen atoms in total. The molecule has 0 saturated carbocycles. The van der Waals surface area contributed by atoms with Gasteiger partial charge in [0.2, 0.25) is 5.91 Å². The van der Waals surface area contributed by atoms with Crippen molar-refractivity contribution in [3.05, 3.63) is 53.6 Å². The molecule has 6 heteroatoms. The van der Waals surface area contributed by atoms with Gasteiger partial charge in [-0.25, -0.2) is 0 Å². The molecule has 30 heavy (non-hydrogen) atoms. The van der Waals surface area contributed by atoms with Crippen LogP contribution in [0.3, 0.4) is 0 Å². The number of amides is 2. The first-order valence-corrected chi connectivity index (χ1v) is 11.6. The van der Waals surface area contributed by atoms with Crippen molar-refractivity contribution in [2.45, 2.75) is 44.1 Å². The molecule has 2 aromatic carbocycles. The van der Waals surface area contributed by atoms with Crippen LogP contribution in [0.25, 0.3) is 0 Å². The van der Waals surface area contributed by atoms with Crippen molar-refractivity contribution in [3.63, 3.8) is 0 Å². The quantitative estimate of drug-likeness (QED) is 0.690. The first kappa shape index (κ1) is 20.8. The number of para-hydroxylation sites is 2. The Morgan fingerprint density at radius 1 is 1.03 bits per heavy atom. The predicted octanol–water partition coefficient (Wildman–Crippen LogP) is 4.20. The molecular weight excluding hydrogens is 396 g/mol. The second-order valence-corrected chi connectivity index (χ2v) is 9.05. The lowest BCUT2D eigenvalue weighted by molar-refractivity contribution is -0.139. The van der Waals surface area contributed by atoms with E-state index in [1.807, 2.05) is 29.2 Å². The largest absolute Gasteiger partial charge is 0.476 e. The van der Waals surface area contributed by atoms with Crippen molar-refractivity contribution >= 4 is 29.3 Å². The van der Waals surface area contributed by atoms with Gasteiger partial charge in [-0.15, -0.1) is 11.8 Å². The molecule has 0 bridgehead atoms. The van der Waals surface area contributed by atoms with Crippen molar-refractivity contribution in [2.75, 3.05) is 30.3 Å². The van der Waals surface area contributed by atoms with Crippen molar-refractivity contribution in [1.29, 1.82) is 0 Å². The highest BCUT2D eigenvalue weighted by Gasteiger charge is 2.36. The molecule has 2 aliphatic heterocycles. The Morgan fingerprint density at radius 3 is 2.57 bits per heavy atom. The molecule has 2 amide bonds. The zero-order chi connectivity index (χ0) is 21.1. The summed E-state index contributed by atoms with van der Waals surface area (Å²) in [6.07, 6.45) is 2.58. The Bertz CT molecular complexity index is 940. The second kappa shape index (κ2) is 9.13. The molecule has 2 aliphatic rings. The van der Waals surface area contributed by atoms with Gasteiger partial charge < -0.3 is 14.5 Å². The highest BCUT2D eigenvalue weighted by molar-refractivity contribution is 8.00. The summed E-state index contributed by atoms with van der Waals surface area (Å²) in [5, 5.41) is 0. The van der Waals surface area contributed by atoms with E-state index >= 15 is 0 Å². The van der Waals surface area contributed by atoms with Crippen LogP contribution < -0.4 is 9.64 Å². The van der Waals surface area contributed by atoms with Crippen molar-refractivity contribution < 1.29 is 14.3 Å². The number of likely N-dealkylation sites (tertiary alicyclic amines) is 1. The number of rotatable bonds is 4. The van der Waals surface area contributed by atoms with E-state index in [9.17, 15) is 9.59 Å². The molecule has 0 aliphatic carbocycles. The molecule has 0 unspecified atom stereocenters. The maximum Gasteiger partial charge on any atom is 0.265 e. The van der Waals surface area contributed by atoms with E-state index in [1.54, 1.807) is 4.90 Å². The third kappa shape index (κ3) is 4.48. The smallest absolute Gasteiger partial charge is 0.265 e. The number of nitrogens with zero attached hydrogens (tertiary/aromatic N) is 2. The van der Waals surface area contributed by atoms with Crippen LogP contribution in [0.2, 0.25) is 0 Å². The number of piperidine rings is 1. The maximum absolute atomic E-state index is 13.2. The van der Waals surface area contributed by atoms with Crippen LogP contribution in [-0.4, -0.2) is 48.2 Å². The third-order valence-electron chi connectivity index (χ3n) is 5.86. The molecular formula is C24H28N2O3S. The van der Waals surface area contributed by atoms with Gasteiger partial charge in [-0.05, 0) is 68.5 Å². The van der Waals surface area contributed by atoms with E-state index < -0.39 is 6.10 Å². The minimum absolute atomic E-state index is 0.00887. The summed E-state index contributed by atoms with van der Waals surface area (Å²) < 4.78 is 6.03. The summed E-state index contributed by atoms with van der Waals surface area (Å²) in [5.41, 5.74) is 3.20. The first-order chi connectivity index (χ1) is 14.5. The van der Waals surface area contributed by atoms with Crippen LogP contribution in [0.1, 0.15) is 30.4 Å². The Kier molecular flexibility index (Phi) is 6.32. The number of ether oxygens (including phenoxy) is 1. The van der Waals surface area contributed by atoms with E-state index in [-0.39, 0.29) is 18.4 Å². The number of carbonyl (C=O) groups is 2. The van der Waals surface area contributed by atoms with E-state index in [0.29, 0.717) is 11.5 Å². The molecule has 0 aromatic heterocycles. The topological polar surface area (TPSA) is 49.9 Å². The fraction of sp³-hybridized carbons (Fsp3) is 0.417. The zero-order valence-electron chi connectivity index (χ0n) is 17.6. The normalized spacial score (nSPS) is 18.5. The molecule has 1 saturated heterocycles. The maximum atomic E-state index is 13.2. The summed E-state index contributed by atoms with van der Waals surface area (Å²) >= 11 is 1.53. The van der Waals surface area contributed by atoms with E-state index in [0.717, 1.165) is 36.5 Å². The Morgan fingerprint density at radius 2 is 1.80 bits per heavy atom. The molecule has 0 spiro atoms. The number of benzene rings is 2. The fourth-order valence-corrected chi connectivity index (χ4v) is 4.81. The third-order valence-corrected chi connectivity index (χ3v) is 6.84. The molecule has 0 radical (unpaired) electrons. The molecule has 0 N–H and O–H groups in total.